The second kappa shape index (κ2) is 3.93. The number of allylic oxidation sites excluding steroid dienone is 4. The minimum Gasteiger partial charge on any atom is -0.0834 e. The number of hydrogen-bond acceptors (Lipinski definition) is 0. The van der Waals surface area contributed by atoms with Gasteiger partial charge < -0.3 is 0 Å². The van der Waals surface area contributed by atoms with Crippen LogP contribution < -0.4 is 0 Å². The van der Waals surface area contributed by atoms with Crippen LogP contribution in [0.2, 0.25) is 0 Å². The van der Waals surface area contributed by atoms with Gasteiger partial charge in [0.2, 0.25) is 0 Å². The molecule has 84 valence electrons. The van der Waals surface area contributed by atoms with Crippen molar-refractivity contribution in [2.24, 2.45) is 5.41 Å². The van der Waals surface area contributed by atoms with Crippen LogP contribution in [0.15, 0.2) is 42.0 Å². The van der Waals surface area contributed by atoms with Gasteiger partial charge in [-0.3, -0.25) is 0 Å². The zero-order valence-electron chi connectivity index (χ0n) is 10.7. The maximum Gasteiger partial charge on any atom is -0.00603 e. The summed E-state index contributed by atoms with van der Waals surface area (Å²) in [6.45, 7) is 9.09. The highest BCUT2D eigenvalue weighted by Crippen LogP contribution is 2.43. The minimum atomic E-state index is 0.255. The molecule has 0 heterocycles. The molecule has 16 heavy (non-hydrogen) atoms. The van der Waals surface area contributed by atoms with Crippen LogP contribution >= 0.6 is 0 Å². The molecule has 0 saturated carbocycles. The molecule has 0 nitrogen and oxygen atoms in total. The molecule has 0 radical (unpaired) electrons. The fourth-order valence-corrected chi connectivity index (χ4v) is 2.68. The van der Waals surface area contributed by atoms with Gasteiger partial charge >= 0.3 is 0 Å². The second-order valence-corrected chi connectivity index (χ2v) is 5.36. The molecule has 1 aliphatic rings. The lowest BCUT2D eigenvalue weighted by atomic mass is 9.72. The Hall–Kier alpha value is -1.30. The smallest absolute Gasteiger partial charge is 0.00603 e. The van der Waals surface area contributed by atoms with Crippen molar-refractivity contribution in [3.8, 4) is 0 Å². The molecule has 0 unspecified atom stereocenters. The van der Waals surface area contributed by atoms with Crippen LogP contribution in [0, 0.1) is 12.3 Å². The van der Waals surface area contributed by atoms with E-state index in [1.165, 1.54) is 22.3 Å². The minimum absolute atomic E-state index is 0.255. The normalized spacial score (nSPS) is 19.0. The molecule has 0 atom stereocenters. The average molecular weight is 212 g/mol. The standard InChI is InChI=1S/C16H20/c1-12-8-5-6-10-14(12)15-13(2)9-7-11-16(15,3)4/h5-10H,11H2,1-4H3. The predicted molar refractivity (Wildman–Crippen MR) is 71.3 cm³/mol. The van der Waals surface area contributed by atoms with Gasteiger partial charge in [0, 0.05) is 0 Å². The van der Waals surface area contributed by atoms with Gasteiger partial charge in [0.25, 0.3) is 0 Å². The first-order valence-electron chi connectivity index (χ1n) is 5.96. The highest BCUT2D eigenvalue weighted by atomic mass is 14.3. The molecule has 0 fully saturated rings. The summed E-state index contributed by atoms with van der Waals surface area (Å²) in [5.41, 5.74) is 5.96. The molecule has 0 heteroatoms. The van der Waals surface area contributed by atoms with E-state index < -0.39 is 0 Å². The van der Waals surface area contributed by atoms with Crippen LogP contribution in [0.5, 0.6) is 0 Å². The zero-order chi connectivity index (χ0) is 11.8. The quantitative estimate of drug-likeness (QED) is 0.630. The van der Waals surface area contributed by atoms with Crippen LogP contribution in [-0.2, 0) is 0 Å². The highest BCUT2D eigenvalue weighted by Gasteiger charge is 2.27. The van der Waals surface area contributed by atoms with Gasteiger partial charge in [-0.25, -0.2) is 0 Å². The SMILES string of the molecule is CC1=C(c2ccccc2C)C(C)(C)CC=C1. The van der Waals surface area contributed by atoms with Gasteiger partial charge in [0.1, 0.15) is 0 Å². The Morgan fingerprint density at radius 2 is 1.75 bits per heavy atom. The lowest BCUT2D eigenvalue weighted by Crippen LogP contribution is -2.17. The van der Waals surface area contributed by atoms with Gasteiger partial charge in [-0.2, -0.15) is 0 Å². The molecular weight excluding hydrogens is 192 g/mol. The van der Waals surface area contributed by atoms with Crippen molar-refractivity contribution in [3.63, 3.8) is 0 Å². The lowest BCUT2D eigenvalue weighted by Gasteiger charge is -2.32. The Bertz CT molecular complexity index is 459. The summed E-state index contributed by atoms with van der Waals surface area (Å²) >= 11 is 0. The summed E-state index contributed by atoms with van der Waals surface area (Å²) in [4.78, 5) is 0. The van der Waals surface area contributed by atoms with E-state index in [9.17, 15) is 0 Å². The Kier molecular flexibility index (Phi) is 2.75. The zero-order valence-corrected chi connectivity index (χ0v) is 10.7. The lowest BCUT2D eigenvalue weighted by molar-refractivity contribution is 0.502. The Labute approximate surface area is 98.7 Å². The molecule has 0 aromatic heterocycles. The molecule has 0 bridgehead atoms. The summed E-state index contributed by atoms with van der Waals surface area (Å²) < 4.78 is 0. The molecule has 1 aromatic carbocycles. The van der Waals surface area contributed by atoms with E-state index in [1.54, 1.807) is 0 Å². The van der Waals surface area contributed by atoms with E-state index in [0.29, 0.717) is 0 Å². The average Bonchev–Trinajstić information content (AvgIpc) is 2.19. The van der Waals surface area contributed by atoms with Crippen molar-refractivity contribution in [1.82, 2.24) is 0 Å². The molecule has 0 amide bonds. The Balaban J connectivity index is 2.62. The third-order valence-corrected chi connectivity index (χ3v) is 3.48. The highest BCUT2D eigenvalue weighted by molar-refractivity contribution is 5.77. The number of benzene rings is 1. The number of rotatable bonds is 1. The van der Waals surface area contributed by atoms with Crippen LogP contribution in [0.1, 0.15) is 38.3 Å². The summed E-state index contributed by atoms with van der Waals surface area (Å²) in [6, 6.07) is 8.69. The van der Waals surface area contributed by atoms with E-state index in [0.717, 1.165) is 6.42 Å². The molecule has 0 aliphatic heterocycles. The molecule has 2 rings (SSSR count). The molecule has 1 aliphatic carbocycles. The van der Waals surface area contributed by atoms with Gasteiger partial charge in [-0.15, -0.1) is 0 Å². The number of hydrogen-bond donors (Lipinski definition) is 0. The molecule has 0 saturated heterocycles. The van der Waals surface area contributed by atoms with Crippen LogP contribution in [0.25, 0.3) is 5.57 Å². The maximum atomic E-state index is 2.34. The first kappa shape index (κ1) is 11.2. The van der Waals surface area contributed by atoms with E-state index in [2.05, 4.69) is 64.1 Å². The third kappa shape index (κ3) is 1.84. The van der Waals surface area contributed by atoms with Gasteiger partial charge in [-0.1, -0.05) is 50.3 Å². The first-order valence-corrected chi connectivity index (χ1v) is 5.96. The second-order valence-electron chi connectivity index (χ2n) is 5.36. The van der Waals surface area contributed by atoms with Crippen molar-refractivity contribution in [2.75, 3.05) is 0 Å². The van der Waals surface area contributed by atoms with Crippen molar-refractivity contribution < 1.29 is 0 Å². The monoisotopic (exact) mass is 212 g/mol. The van der Waals surface area contributed by atoms with Gasteiger partial charge in [0.15, 0.2) is 0 Å². The summed E-state index contributed by atoms with van der Waals surface area (Å²) in [6.07, 6.45) is 5.68. The van der Waals surface area contributed by atoms with Crippen molar-refractivity contribution in [2.45, 2.75) is 34.1 Å². The largest absolute Gasteiger partial charge is 0.0834 e. The summed E-state index contributed by atoms with van der Waals surface area (Å²) in [7, 11) is 0. The summed E-state index contributed by atoms with van der Waals surface area (Å²) in [5.74, 6) is 0. The Morgan fingerprint density at radius 1 is 1.06 bits per heavy atom. The molecule has 0 N–H and O–H groups in total. The van der Waals surface area contributed by atoms with Crippen molar-refractivity contribution in [1.29, 1.82) is 0 Å². The van der Waals surface area contributed by atoms with E-state index in [-0.39, 0.29) is 5.41 Å². The van der Waals surface area contributed by atoms with Crippen LogP contribution in [-0.4, -0.2) is 0 Å². The van der Waals surface area contributed by atoms with Crippen molar-refractivity contribution >= 4 is 5.57 Å². The fraction of sp³-hybridized carbons (Fsp3) is 0.375. The molecule has 1 aromatic rings. The van der Waals surface area contributed by atoms with Gasteiger partial charge in [-0.05, 0) is 48.0 Å². The Morgan fingerprint density at radius 3 is 2.38 bits per heavy atom. The van der Waals surface area contributed by atoms with E-state index in [1.807, 2.05) is 0 Å². The van der Waals surface area contributed by atoms with Crippen LogP contribution in [0.4, 0.5) is 0 Å². The maximum absolute atomic E-state index is 2.34. The van der Waals surface area contributed by atoms with Gasteiger partial charge in [0.05, 0.1) is 0 Å². The molecular formula is C16H20. The predicted octanol–water partition coefficient (Wildman–Crippen LogP) is 4.75. The van der Waals surface area contributed by atoms with Crippen molar-refractivity contribution in [3.05, 3.63) is 53.1 Å². The van der Waals surface area contributed by atoms with E-state index >= 15 is 0 Å². The first-order chi connectivity index (χ1) is 7.52. The topological polar surface area (TPSA) is 0 Å². The summed E-state index contributed by atoms with van der Waals surface area (Å²) in [5, 5.41) is 0. The molecule has 0 spiro atoms. The van der Waals surface area contributed by atoms with E-state index in [4.69, 9.17) is 0 Å². The third-order valence-electron chi connectivity index (χ3n) is 3.48. The number of aryl methyl sites for hydroxylation is 1. The fourth-order valence-electron chi connectivity index (χ4n) is 2.68. The van der Waals surface area contributed by atoms with Crippen LogP contribution in [0.3, 0.4) is 0 Å².